The lowest BCUT2D eigenvalue weighted by Crippen LogP contribution is -2.10. The fourth-order valence-electron chi connectivity index (χ4n) is 3.10. The standard InChI is InChI=1S/C21H18N2O7S2.3H2O/c22-16-9-10-17(20(12-16)32(28,29)30)18(13-5-7-14(8-6-13)21(23)24)11-15-3-1-2-4-19(15)31(25,26)27;;;/h1-12H,22H2,(H2,23,24)(H,25,26,27)(H,28,29,30);3*1H2. The summed E-state index contributed by atoms with van der Waals surface area (Å²) in [5, 5.41) is 0. The molecule has 0 atom stereocenters. The highest BCUT2D eigenvalue weighted by atomic mass is 32.2. The van der Waals surface area contributed by atoms with E-state index < -0.39 is 35.9 Å². The molecule has 0 saturated heterocycles. The highest BCUT2D eigenvalue weighted by molar-refractivity contribution is 7.86. The van der Waals surface area contributed by atoms with E-state index in [2.05, 4.69) is 0 Å². The second-order valence-electron chi connectivity index (χ2n) is 6.74. The molecule has 3 aromatic rings. The number of rotatable bonds is 6. The molecule has 0 spiro atoms. The Kier molecular flexibility index (Phi) is 10.5. The van der Waals surface area contributed by atoms with Crippen molar-refractivity contribution in [1.29, 1.82) is 0 Å². The Bertz CT molecular complexity index is 1450. The molecule has 0 radical (unpaired) electrons. The van der Waals surface area contributed by atoms with Crippen LogP contribution in [0.2, 0.25) is 0 Å². The van der Waals surface area contributed by atoms with E-state index in [0.29, 0.717) is 5.56 Å². The average molecular weight is 529 g/mol. The predicted octanol–water partition coefficient (Wildman–Crippen LogP) is -0.0241. The van der Waals surface area contributed by atoms with Gasteiger partial charge in [-0.25, -0.2) is 0 Å². The van der Waals surface area contributed by atoms with Crippen LogP contribution in [0.15, 0.2) is 76.5 Å². The zero-order valence-corrected chi connectivity index (χ0v) is 19.5. The molecule has 3 rings (SSSR count). The summed E-state index contributed by atoms with van der Waals surface area (Å²) in [5.74, 6) is -0.676. The fraction of sp³-hybridized carbons (Fsp3) is 0. The number of anilines is 1. The van der Waals surface area contributed by atoms with E-state index in [-0.39, 0.29) is 44.4 Å². The second kappa shape index (κ2) is 11.7. The van der Waals surface area contributed by atoms with Gasteiger partial charge in [0.2, 0.25) is 5.91 Å². The number of hydrogen-bond acceptors (Lipinski definition) is 6. The van der Waals surface area contributed by atoms with E-state index >= 15 is 0 Å². The van der Waals surface area contributed by atoms with Crippen molar-refractivity contribution in [2.24, 2.45) is 5.73 Å². The molecule has 12 nitrogen and oxygen atoms in total. The molecule has 0 aromatic heterocycles. The van der Waals surface area contributed by atoms with Gasteiger partial charge in [0, 0.05) is 16.8 Å². The Morgan fingerprint density at radius 3 is 1.77 bits per heavy atom. The first-order chi connectivity index (χ1) is 14.9. The van der Waals surface area contributed by atoms with E-state index in [1.165, 1.54) is 66.7 Å². The molecule has 35 heavy (non-hydrogen) atoms. The van der Waals surface area contributed by atoms with Crippen LogP contribution in [0.4, 0.5) is 5.69 Å². The minimum atomic E-state index is -4.72. The number of nitrogens with two attached hydrogens (primary N) is 2. The van der Waals surface area contributed by atoms with E-state index in [1.54, 1.807) is 0 Å². The van der Waals surface area contributed by atoms with Gasteiger partial charge in [0.15, 0.2) is 0 Å². The van der Waals surface area contributed by atoms with Crippen LogP contribution in [-0.4, -0.2) is 48.3 Å². The summed E-state index contributed by atoms with van der Waals surface area (Å²) in [7, 11) is -9.32. The number of benzene rings is 3. The first-order valence-electron chi connectivity index (χ1n) is 8.94. The van der Waals surface area contributed by atoms with Gasteiger partial charge in [-0.2, -0.15) is 16.8 Å². The maximum Gasteiger partial charge on any atom is 0.295 e. The zero-order valence-electron chi connectivity index (χ0n) is 17.8. The Morgan fingerprint density at radius 1 is 0.743 bits per heavy atom. The van der Waals surface area contributed by atoms with Gasteiger partial charge in [-0.05, 0) is 53.1 Å². The van der Waals surface area contributed by atoms with E-state index in [0.717, 1.165) is 6.07 Å². The Balaban J connectivity index is 0.00000385. The van der Waals surface area contributed by atoms with Crippen molar-refractivity contribution < 1.29 is 47.2 Å². The normalized spacial score (nSPS) is 11.4. The minimum Gasteiger partial charge on any atom is -0.412 e. The van der Waals surface area contributed by atoms with Crippen LogP contribution in [-0.2, 0) is 20.2 Å². The van der Waals surface area contributed by atoms with Gasteiger partial charge in [-0.3, -0.25) is 13.9 Å². The summed E-state index contributed by atoms with van der Waals surface area (Å²) in [6.45, 7) is 0. The van der Waals surface area contributed by atoms with E-state index in [1.807, 2.05) is 0 Å². The Hall–Kier alpha value is -3.63. The van der Waals surface area contributed by atoms with Crippen LogP contribution in [0.25, 0.3) is 11.6 Å². The largest absolute Gasteiger partial charge is 0.412 e. The van der Waals surface area contributed by atoms with Crippen LogP contribution in [0.5, 0.6) is 0 Å². The van der Waals surface area contributed by atoms with Crippen molar-refractivity contribution >= 4 is 43.5 Å². The third kappa shape index (κ3) is 7.17. The third-order valence-corrected chi connectivity index (χ3v) is 6.37. The molecule has 0 aliphatic heterocycles. The molecular weight excluding hydrogens is 504 g/mol. The van der Waals surface area contributed by atoms with E-state index in [4.69, 9.17) is 11.5 Å². The maximum absolute atomic E-state index is 12.0. The monoisotopic (exact) mass is 528 g/mol. The van der Waals surface area contributed by atoms with Gasteiger partial charge < -0.3 is 27.9 Å². The molecule has 0 saturated carbocycles. The zero-order chi connectivity index (χ0) is 23.7. The van der Waals surface area contributed by atoms with Crippen LogP contribution in [0.3, 0.4) is 0 Å². The molecule has 1 amide bonds. The highest BCUT2D eigenvalue weighted by Gasteiger charge is 2.21. The quantitative estimate of drug-likeness (QED) is 0.191. The van der Waals surface area contributed by atoms with Crippen LogP contribution in [0.1, 0.15) is 27.0 Å². The smallest absolute Gasteiger partial charge is 0.295 e. The SMILES string of the molecule is NC(=O)c1ccc(C(=Cc2ccccc2S(=O)(=O)O)c2ccc(N)cc2S(=O)(=O)O)cc1.O.O.O. The number of carbonyl (C=O) groups is 1. The first-order valence-corrected chi connectivity index (χ1v) is 11.8. The van der Waals surface area contributed by atoms with Crippen molar-refractivity contribution in [2.75, 3.05) is 5.73 Å². The molecule has 0 aliphatic rings. The van der Waals surface area contributed by atoms with Crippen LogP contribution in [0, 0.1) is 0 Å². The van der Waals surface area contributed by atoms with Gasteiger partial charge in [0.25, 0.3) is 20.2 Å². The van der Waals surface area contributed by atoms with Crippen molar-refractivity contribution in [2.45, 2.75) is 9.79 Å². The third-order valence-electron chi connectivity index (χ3n) is 4.55. The van der Waals surface area contributed by atoms with Crippen molar-refractivity contribution in [1.82, 2.24) is 0 Å². The fourth-order valence-corrected chi connectivity index (χ4v) is 4.51. The Morgan fingerprint density at radius 2 is 1.26 bits per heavy atom. The summed E-state index contributed by atoms with van der Waals surface area (Å²) >= 11 is 0. The van der Waals surface area contributed by atoms with Crippen molar-refractivity contribution in [3.63, 3.8) is 0 Å². The molecule has 0 unspecified atom stereocenters. The first kappa shape index (κ1) is 31.4. The summed E-state index contributed by atoms with van der Waals surface area (Å²) in [4.78, 5) is 10.5. The second-order valence-corrected chi connectivity index (χ2v) is 9.52. The van der Waals surface area contributed by atoms with Gasteiger partial charge in [0.1, 0.15) is 9.79 Å². The van der Waals surface area contributed by atoms with Crippen LogP contribution < -0.4 is 11.5 Å². The lowest BCUT2D eigenvalue weighted by Gasteiger charge is -2.14. The summed E-state index contributed by atoms with van der Waals surface area (Å²) in [6, 6.07) is 15.1. The predicted molar refractivity (Wildman–Crippen MR) is 130 cm³/mol. The lowest BCUT2D eigenvalue weighted by atomic mass is 9.94. The van der Waals surface area contributed by atoms with Crippen molar-refractivity contribution in [3.8, 4) is 0 Å². The number of hydrogen-bond donors (Lipinski definition) is 4. The number of carbonyl (C=O) groups excluding carboxylic acids is 1. The molecule has 0 fully saturated rings. The lowest BCUT2D eigenvalue weighted by molar-refractivity contribution is 0.1000. The highest BCUT2D eigenvalue weighted by Crippen LogP contribution is 2.33. The number of primary amides is 1. The molecule has 0 bridgehead atoms. The molecule has 0 heterocycles. The number of amides is 1. The summed E-state index contributed by atoms with van der Waals surface area (Å²) < 4.78 is 67.1. The average Bonchev–Trinajstić information content (AvgIpc) is 2.71. The summed E-state index contributed by atoms with van der Waals surface area (Å²) in [6.07, 6.45) is 1.34. The topological polar surface area (TPSA) is 272 Å². The molecule has 14 heteroatoms. The summed E-state index contributed by atoms with van der Waals surface area (Å²) in [5.41, 5.74) is 11.8. The van der Waals surface area contributed by atoms with Gasteiger partial charge in [-0.15, -0.1) is 0 Å². The molecule has 190 valence electrons. The maximum atomic E-state index is 12.0. The van der Waals surface area contributed by atoms with Gasteiger partial charge >= 0.3 is 0 Å². The number of nitrogen functional groups attached to an aromatic ring is 1. The molecule has 0 aliphatic carbocycles. The molecule has 12 N–H and O–H groups in total. The minimum absolute atomic E-state index is 0. The van der Waals surface area contributed by atoms with Gasteiger partial charge in [0.05, 0.1) is 0 Å². The molecule has 3 aromatic carbocycles. The Labute approximate surface area is 200 Å². The van der Waals surface area contributed by atoms with E-state index in [9.17, 15) is 30.7 Å². The molecular formula is C21H24N2O10S2. The van der Waals surface area contributed by atoms with Crippen LogP contribution >= 0.6 is 0 Å². The van der Waals surface area contributed by atoms with Crippen molar-refractivity contribution in [3.05, 3.63) is 89.0 Å². The van der Waals surface area contributed by atoms with Gasteiger partial charge in [-0.1, -0.05) is 36.4 Å².